The Labute approximate surface area is 96.4 Å². The molecule has 1 atom stereocenters. The lowest BCUT2D eigenvalue weighted by molar-refractivity contribution is 0.0602. The summed E-state index contributed by atoms with van der Waals surface area (Å²) in [5.41, 5.74) is 1.33. The highest BCUT2D eigenvalue weighted by Gasteiger charge is 2.28. The zero-order valence-corrected chi connectivity index (χ0v) is 12.1. The average Bonchev–Trinajstić information content (AvgIpc) is 2.33. The summed E-state index contributed by atoms with van der Waals surface area (Å²) in [5.74, 6) is 0. The van der Waals surface area contributed by atoms with Gasteiger partial charge < -0.3 is 4.43 Å². The van der Waals surface area contributed by atoms with Crippen LogP contribution in [0.5, 0.6) is 0 Å². The molecule has 0 amide bonds. The van der Waals surface area contributed by atoms with Gasteiger partial charge in [-0.15, -0.1) is 0 Å². The van der Waals surface area contributed by atoms with E-state index in [1.54, 1.807) is 0 Å². The van der Waals surface area contributed by atoms with E-state index in [1.165, 1.54) is 18.4 Å². The van der Waals surface area contributed by atoms with E-state index >= 15 is 0 Å². The molecule has 84 valence electrons. The molecule has 0 N–H and O–H groups in total. The molecule has 0 fully saturated rings. The van der Waals surface area contributed by atoms with Gasteiger partial charge in [-0.25, -0.2) is 0 Å². The lowest BCUT2D eigenvalue weighted by Crippen LogP contribution is -2.28. The molecule has 0 aliphatic carbocycles. The zero-order valence-electron chi connectivity index (χ0n) is 10.1. The first-order valence-electron chi connectivity index (χ1n) is 5.89. The topological polar surface area (TPSA) is 9.23 Å². The Kier molecular flexibility index (Phi) is 5.06. The third-order valence-corrected chi connectivity index (χ3v) is 3.98. The van der Waals surface area contributed by atoms with Crippen molar-refractivity contribution in [2.45, 2.75) is 45.1 Å². The van der Waals surface area contributed by atoms with Crippen LogP contribution in [-0.4, -0.2) is 10.5 Å². The SMILES string of the molecule is CCCCC(CC)(O[SiH3])c1ccccc1. The quantitative estimate of drug-likeness (QED) is 0.673. The molecule has 2 heteroatoms. The molecule has 0 bridgehead atoms. The highest BCUT2D eigenvalue weighted by molar-refractivity contribution is 5.98. The molecule has 1 rings (SSSR count). The number of benzene rings is 1. The van der Waals surface area contributed by atoms with Gasteiger partial charge >= 0.3 is 0 Å². The highest BCUT2D eigenvalue weighted by Crippen LogP contribution is 2.33. The van der Waals surface area contributed by atoms with Gasteiger partial charge in [0.2, 0.25) is 0 Å². The molecule has 15 heavy (non-hydrogen) atoms. The molecule has 1 aromatic rings. The van der Waals surface area contributed by atoms with Gasteiger partial charge in [0.25, 0.3) is 0 Å². The van der Waals surface area contributed by atoms with E-state index < -0.39 is 0 Å². The molecule has 0 aliphatic rings. The van der Waals surface area contributed by atoms with E-state index in [1.807, 2.05) is 0 Å². The predicted molar refractivity (Wildman–Crippen MR) is 69.0 cm³/mol. The first-order valence-corrected chi connectivity index (χ1v) is 6.71. The van der Waals surface area contributed by atoms with E-state index in [-0.39, 0.29) is 5.60 Å². The van der Waals surface area contributed by atoms with Gasteiger partial charge in [0.1, 0.15) is 10.5 Å². The minimum Gasteiger partial charge on any atom is -0.418 e. The Morgan fingerprint density at radius 1 is 1.20 bits per heavy atom. The van der Waals surface area contributed by atoms with Crippen LogP contribution in [0.25, 0.3) is 0 Å². The van der Waals surface area contributed by atoms with E-state index in [0.29, 0.717) is 0 Å². The maximum absolute atomic E-state index is 5.91. The molecule has 1 unspecified atom stereocenters. The van der Waals surface area contributed by atoms with Crippen LogP contribution in [0.4, 0.5) is 0 Å². The van der Waals surface area contributed by atoms with Crippen LogP contribution in [0.15, 0.2) is 30.3 Å². The van der Waals surface area contributed by atoms with Gasteiger partial charge in [-0.2, -0.15) is 0 Å². The lowest BCUT2D eigenvalue weighted by Gasteiger charge is -2.33. The van der Waals surface area contributed by atoms with Crippen molar-refractivity contribution in [1.29, 1.82) is 0 Å². The van der Waals surface area contributed by atoms with Crippen molar-refractivity contribution in [3.05, 3.63) is 35.9 Å². The van der Waals surface area contributed by atoms with Gasteiger partial charge in [0, 0.05) is 0 Å². The fourth-order valence-corrected chi connectivity index (χ4v) is 2.82. The second-order valence-corrected chi connectivity index (χ2v) is 4.43. The minimum atomic E-state index is -0.0104. The number of hydrogen-bond acceptors (Lipinski definition) is 1. The fraction of sp³-hybridized carbons (Fsp3) is 0.538. The third-order valence-electron chi connectivity index (χ3n) is 3.20. The highest BCUT2D eigenvalue weighted by atomic mass is 28.2. The second kappa shape index (κ2) is 6.08. The smallest absolute Gasteiger partial charge is 0.147 e. The van der Waals surface area contributed by atoms with Crippen LogP contribution >= 0.6 is 0 Å². The van der Waals surface area contributed by atoms with Crippen molar-refractivity contribution in [2.24, 2.45) is 0 Å². The van der Waals surface area contributed by atoms with Crippen molar-refractivity contribution in [2.75, 3.05) is 0 Å². The lowest BCUT2D eigenvalue weighted by atomic mass is 9.86. The number of rotatable bonds is 6. The summed E-state index contributed by atoms with van der Waals surface area (Å²) in [6.45, 7) is 4.46. The van der Waals surface area contributed by atoms with Crippen LogP contribution in [-0.2, 0) is 10.0 Å². The Balaban J connectivity index is 2.89. The van der Waals surface area contributed by atoms with E-state index in [4.69, 9.17) is 4.43 Å². The molecule has 1 nitrogen and oxygen atoms in total. The molecule has 0 aliphatic heterocycles. The Hall–Kier alpha value is -0.603. The molecular weight excluding hydrogens is 200 g/mol. The van der Waals surface area contributed by atoms with Gasteiger partial charge in [-0.3, -0.25) is 0 Å². The second-order valence-electron chi connectivity index (χ2n) is 4.02. The summed E-state index contributed by atoms with van der Waals surface area (Å²) in [4.78, 5) is 0. The summed E-state index contributed by atoms with van der Waals surface area (Å²) >= 11 is 0. The van der Waals surface area contributed by atoms with Gasteiger partial charge in [0.15, 0.2) is 0 Å². The predicted octanol–water partition coefficient (Wildman–Crippen LogP) is 2.78. The van der Waals surface area contributed by atoms with Crippen molar-refractivity contribution in [3.63, 3.8) is 0 Å². The zero-order chi connectivity index (χ0) is 11.1. The van der Waals surface area contributed by atoms with E-state index in [2.05, 4.69) is 44.2 Å². The molecule has 0 saturated carbocycles. The molecule has 0 heterocycles. The molecule has 1 aromatic carbocycles. The van der Waals surface area contributed by atoms with Crippen LogP contribution in [0.2, 0.25) is 0 Å². The van der Waals surface area contributed by atoms with Crippen molar-refractivity contribution in [1.82, 2.24) is 0 Å². The molecule has 0 spiro atoms. The molecule has 0 radical (unpaired) electrons. The minimum absolute atomic E-state index is 0.0104. The van der Waals surface area contributed by atoms with Crippen molar-refractivity contribution < 1.29 is 4.43 Å². The maximum Gasteiger partial charge on any atom is 0.147 e. The Morgan fingerprint density at radius 3 is 2.33 bits per heavy atom. The molecular formula is C13H22OSi. The van der Waals surface area contributed by atoms with Crippen molar-refractivity contribution in [3.8, 4) is 0 Å². The average molecular weight is 222 g/mol. The summed E-state index contributed by atoms with van der Waals surface area (Å²) in [7, 11) is 0.807. The van der Waals surface area contributed by atoms with Crippen molar-refractivity contribution >= 4 is 10.5 Å². The Bertz CT molecular complexity index is 267. The van der Waals surface area contributed by atoms with Crippen LogP contribution in [0.3, 0.4) is 0 Å². The monoisotopic (exact) mass is 222 g/mol. The van der Waals surface area contributed by atoms with Gasteiger partial charge in [-0.05, 0) is 18.4 Å². The van der Waals surface area contributed by atoms with Gasteiger partial charge in [-0.1, -0.05) is 57.0 Å². The first-order chi connectivity index (χ1) is 7.29. The third kappa shape index (κ3) is 2.92. The van der Waals surface area contributed by atoms with Crippen LogP contribution in [0, 0.1) is 0 Å². The fourth-order valence-electron chi connectivity index (χ4n) is 2.09. The largest absolute Gasteiger partial charge is 0.418 e. The van der Waals surface area contributed by atoms with Crippen LogP contribution in [0.1, 0.15) is 45.1 Å². The number of unbranched alkanes of at least 4 members (excludes halogenated alkanes) is 1. The van der Waals surface area contributed by atoms with Crippen LogP contribution < -0.4 is 0 Å². The standard InChI is InChI=1S/C13H22OSi/c1-3-5-11-13(4-2,14-15)12-9-7-6-8-10-12/h6-10H,3-5,11H2,1-2,15H3. The summed E-state index contributed by atoms with van der Waals surface area (Å²) < 4.78 is 5.91. The molecule has 0 saturated heterocycles. The summed E-state index contributed by atoms with van der Waals surface area (Å²) in [6.07, 6.45) is 4.69. The van der Waals surface area contributed by atoms with Gasteiger partial charge in [0.05, 0.1) is 5.60 Å². The summed E-state index contributed by atoms with van der Waals surface area (Å²) in [6, 6.07) is 10.7. The normalized spacial score (nSPS) is 15.1. The number of hydrogen-bond donors (Lipinski definition) is 0. The first kappa shape index (κ1) is 12.5. The van der Waals surface area contributed by atoms with E-state index in [0.717, 1.165) is 23.3 Å². The summed E-state index contributed by atoms with van der Waals surface area (Å²) in [5, 5.41) is 0. The molecule has 0 aromatic heterocycles. The Morgan fingerprint density at radius 2 is 1.87 bits per heavy atom. The van der Waals surface area contributed by atoms with E-state index in [9.17, 15) is 0 Å². The maximum atomic E-state index is 5.91.